The molecule has 1 atom stereocenters. The molecule has 7 heteroatoms. The molecule has 0 aliphatic carbocycles. The molecule has 0 aromatic rings. The molecule has 0 spiro atoms. The number of amides is 2. The summed E-state index contributed by atoms with van der Waals surface area (Å²) in [7, 11) is 2.47. The van der Waals surface area contributed by atoms with E-state index in [4.69, 9.17) is 0 Å². The van der Waals surface area contributed by atoms with Gasteiger partial charge in [-0.25, -0.2) is 9.59 Å². The summed E-state index contributed by atoms with van der Waals surface area (Å²) >= 11 is 0. The molecule has 7 nitrogen and oxygen atoms in total. The molecular weight excluding hydrogens is 300 g/mol. The van der Waals surface area contributed by atoms with Gasteiger partial charge in [-0.1, -0.05) is 41.0 Å². The van der Waals surface area contributed by atoms with Crippen LogP contribution in [0.15, 0.2) is 0 Å². The molecule has 0 saturated carbocycles. The third kappa shape index (κ3) is 13.6. The lowest BCUT2D eigenvalue weighted by atomic mass is 10.2. The Morgan fingerprint density at radius 3 is 1.87 bits per heavy atom. The average molecular weight is 334 g/mol. The van der Waals surface area contributed by atoms with Gasteiger partial charge >= 0.3 is 12.1 Å². The van der Waals surface area contributed by atoms with Crippen LogP contribution in [0.3, 0.4) is 0 Å². The number of ether oxygens (including phenoxy) is 2. The van der Waals surface area contributed by atoms with Crippen molar-refractivity contribution < 1.29 is 23.9 Å². The van der Waals surface area contributed by atoms with Crippen molar-refractivity contribution >= 4 is 18.0 Å². The lowest BCUT2D eigenvalue weighted by Gasteiger charge is -2.27. The van der Waals surface area contributed by atoms with Crippen LogP contribution in [0.25, 0.3) is 0 Å². The molecule has 0 aromatic carbocycles. The SMILES string of the molecule is CC.CCC.CCCN(C(=O)CNC(=O)OC)[C@H](C)C(=O)OC. The number of rotatable bonds is 6. The first kappa shape index (κ1) is 26.1. The van der Waals surface area contributed by atoms with Crippen LogP contribution in [0.5, 0.6) is 0 Å². The molecule has 138 valence electrons. The van der Waals surface area contributed by atoms with E-state index in [-0.39, 0.29) is 12.5 Å². The van der Waals surface area contributed by atoms with Gasteiger partial charge in [-0.05, 0) is 13.3 Å². The van der Waals surface area contributed by atoms with Crippen molar-refractivity contribution in [3.63, 3.8) is 0 Å². The number of hydrogen-bond donors (Lipinski definition) is 1. The van der Waals surface area contributed by atoms with Gasteiger partial charge in [0, 0.05) is 6.54 Å². The molecule has 0 rings (SSSR count). The summed E-state index contributed by atoms with van der Waals surface area (Å²) in [4.78, 5) is 35.5. The maximum atomic E-state index is 11.9. The van der Waals surface area contributed by atoms with E-state index in [9.17, 15) is 14.4 Å². The molecule has 0 saturated heterocycles. The number of hydrogen-bond acceptors (Lipinski definition) is 5. The Kier molecular flexibility index (Phi) is 20.7. The second kappa shape index (κ2) is 18.3. The minimum Gasteiger partial charge on any atom is -0.467 e. The monoisotopic (exact) mass is 334 g/mol. The van der Waals surface area contributed by atoms with Gasteiger partial charge in [0.15, 0.2) is 0 Å². The zero-order valence-electron chi connectivity index (χ0n) is 15.9. The van der Waals surface area contributed by atoms with E-state index in [1.807, 2.05) is 20.8 Å². The van der Waals surface area contributed by atoms with Crippen molar-refractivity contribution in [1.82, 2.24) is 10.2 Å². The second-order valence-electron chi connectivity index (χ2n) is 4.34. The van der Waals surface area contributed by atoms with Crippen LogP contribution in [0.2, 0.25) is 0 Å². The van der Waals surface area contributed by atoms with Crippen molar-refractivity contribution in [2.45, 2.75) is 60.4 Å². The lowest BCUT2D eigenvalue weighted by Crippen LogP contribution is -2.48. The molecule has 0 aliphatic heterocycles. The highest BCUT2D eigenvalue weighted by Crippen LogP contribution is 2.03. The van der Waals surface area contributed by atoms with Crippen molar-refractivity contribution in [2.24, 2.45) is 0 Å². The minimum atomic E-state index is -0.689. The molecule has 0 fully saturated rings. The van der Waals surface area contributed by atoms with Gasteiger partial charge in [-0.2, -0.15) is 0 Å². The van der Waals surface area contributed by atoms with Gasteiger partial charge in [-0.3, -0.25) is 4.79 Å². The summed E-state index contributed by atoms with van der Waals surface area (Å²) < 4.78 is 8.95. The van der Waals surface area contributed by atoms with Crippen molar-refractivity contribution in [2.75, 3.05) is 27.3 Å². The van der Waals surface area contributed by atoms with Crippen LogP contribution in [0, 0.1) is 0 Å². The van der Waals surface area contributed by atoms with Crippen molar-refractivity contribution in [1.29, 1.82) is 0 Å². The zero-order chi connectivity index (χ0) is 18.8. The number of carbonyl (C=O) groups is 3. The van der Waals surface area contributed by atoms with Gasteiger partial charge in [0.2, 0.25) is 5.91 Å². The molecule has 0 unspecified atom stereocenters. The maximum absolute atomic E-state index is 11.9. The molecule has 0 aliphatic rings. The fourth-order valence-electron chi connectivity index (χ4n) is 1.39. The quantitative estimate of drug-likeness (QED) is 0.755. The van der Waals surface area contributed by atoms with Crippen LogP contribution in [0.1, 0.15) is 54.4 Å². The van der Waals surface area contributed by atoms with E-state index in [1.165, 1.54) is 25.5 Å². The summed E-state index contributed by atoms with van der Waals surface area (Å²) in [6.45, 7) is 11.9. The van der Waals surface area contributed by atoms with E-state index >= 15 is 0 Å². The fraction of sp³-hybridized carbons (Fsp3) is 0.812. The Balaban J connectivity index is -0.000000710. The summed E-state index contributed by atoms with van der Waals surface area (Å²) in [5.41, 5.74) is 0. The highest BCUT2D eigenvalue weighted by atomic mass is 16.5. The molecule has 0 radical (unpaired) electrons. The summed E-state index contributed by atoms with van der Waals surface area (Å²) in [6.07, 6.45) is 1.26. The lowest BCUT2D eigenvalue weighted by molar-refractivity contribution is -0.151. The van der Waals surface area contributed by atoms with Gasteiger partial charge in [0.25, 0.3) is 0 Å². The number of alkyl carbamates (subject to hydrolysis) is 1. The van der Waals surface area contributed by atoms with Gasteiger partial charge in [0.05, 0.1) is 14.2 Å². The van der Waals surface area contributed by atoms with Crippen LogP contribution in [-0.4, -0.2) is 56.2 Å². The Morgan fingerprint density at radius 2 is 1.52 bits per heavy atom. The fourth-order valence-corrected chi connectivity index (χ4v) is 1.39. The summed E-state index contributed by atoms with van der Waals surface area (Å²) in [5, 5.41) is 2.28. The predicted octanol–water partition coefficient (Wildman–Crippen LogP) is 2.59. The largest absolute Gasteiger partial charge is 0.467 e. The highest BCUT2D eigenvalue weighted by Gasteiger charge is 2.25. The van der Waals surface area contributed by atoms with E-state index in [0.717, 1.165) is 0 Å². The van der Waals surface area contributed by atoms with E-state index < -0.39 is 18.1 Å². The number of esters is 1. The third-order valence-corrected chi connectivity index (χ3v) is 2.36. The Morgan fingerprint density at radius 1 is 1.04 bits per heavy atom. The van der Waals surface area contributed by atoms with E-state index in [1.54, 1.807) is 6.92 Å². The van der Waals surface area contributed by atoms with Crippen molar-refractivity contribution in [3.05, 3.63) is 0 Å². The Bertz CT molecular complexity index is 322. The highest BCUT2D eigenvalue weighted by molar-refractivity contribution is 5.87. The number of carbonyl (C=O) groups excluding carboxylic acids is 3. The van der Waals surface area contributed by atoms with Gasteiger partial charge < -0.3 is 19.7 Å². The first-order valence-corrected chi connectivity index (χ1v) is 8.08. The standard InChI is InChI=1S/C11H20N2O5.C3H8.C2H6/c1-5-6-13(8(2)10(15)17-3)9(14)7-12-11(16)18-4;1-3-2;1-2/h8H,5-7H2,1-4H3,(H,12,16);3H2,1-2H3;1-2H3/t8-;;/m1../s1. The molecule has 0 bridgehead atoms. The van der Waals surface area contributed by atoms with Crippen LogP contribution >= 0.6 is 0 Å². The second-order valence-corrected chi connectivity index (χ2v) is 4.34. The first-order chi connectivity index (χ1) is 10.9. The van der Waals surface area contributed by atoms with Crippen molar-refractivity contribution in [3.8, 4) is 0 Å². The average Bonchev–Trinajstić information content (AvgIpc) is 2.58. The third-order valence-electron chi connectivity index (χ3n) is 2.36. The summed E-state index contributed by atoms with van der Waals surface area (Å²) in [5.74, 6) is -0.852. The normalized spacial score (nSPS) is 9.91. The number of nitrogens with one attached hydrogen (secondary N) is 1. The van der Waals surface area contributed by atoms with Crippen LogP contribution in [-0.2, 0) is 19.1 Å². The topological polar surface area (TPSA) is 84.9 Å². The molecule has 2 amide bonds. The van der Waals surface area contributed by atoms with Crippen LogP contribution < -0.4 is 5.32 Å². The first-order valence-electron chi connectivity index (χ1n) is 8.08. The minimum absolute atomic E-state index is 0.214. The van der Waals surface area contributed by atoms with E-state index in [0.29, 0.717) is 13.0 Å². The molecule has 1 N–H and O–H groups in total. The zero-order valence-corrected chi connectivity index (χ0v) is 15.9. The van der Waals surface area contributed by atoms with Crippen LogP contribution in [0.4, 0.5) is 4.79 Å². The maximum Gasteiger partial charge on any atom is 0.407 e. The van der Waals surface area contributed by atoms with Gasteiger partial charge in [-0.15, -0.1) is 0 Å². The smallest absolute Gasteiger partial charge is 0.407 e. The Labute approximate surface area is 140 Å². The molecule has 23 heavy (non-hydrogen) atoms. The predicted molar refractivity (Wildman–Crippen MR) is 91.2 cm³/mol. The Hall–Kier alpha value is -1.79. The molecule has 0 heterocycles. The molecule has 0 aromatic heterocycles. The molecular formula is C16H34N2O5. The van der Waals surface area contributed by atoms with Gasteiger partial charge in [0.1, 0.15) is 12.6 Å². The van der Waals surface area contributed by atoms with E-state index in [2.05, 4.69) is 28.6 Å². The number of nitrogens with zero attached hydrogens (tertiary/aromatic N) is 1. The number of methoxy groups -OCH3 is 2. The summed E-state index contributed by atoms with van der Waals surface area (Å²) in [6, 6.07) is -0.679.